The Kier molecular flexibility index (Phi) is 5.32. The molecule has 0 aromatic heterocycles. The summed E-state index contributed by atoms with van der Waals surface area (Å²) in [4.78, 5) is 25.1. The van der Waals surface area contributed by atoms with Gasteiger partial charge in [0.15, 0.2) is 6.10 Å². The number of carbonyl (C=O) groups excluding carboxylic acids is 1. The first-order valence-corrected chi connectivity index (χ1v) is 8.11. The molecule has 7 heteroatoms. The summed E-state index contributed by atoms with van der Waals surface area (Å²) in [7, 11) is 0. The quantitative estimate of drug-likeness (QED) is 0.869. The molecule has 130 valence electrons. The van der Waals surface area contributed by atoms with Gasteiger partial charge in [0, 0.05) is 18.7 Å². The molecular weight excluding hydrogens is 314 g/mol. The van der Waals surface area contributed by atoms with Crippen LogP contribution in [0.2, 0.25) is 0 Å². The van der Waals surface area contributed by atoms with E-state index in [4.69, 9.17) is 19.3 Å². The molecule has 1 aromatic carbocycles. The second-order valence-electron chi connectivity index (χ2n) is 5.92. The van der Waals surface area contributed by atoms with Crippen molar-refractivity contribution in [3.8, 4) is 5.75 Å². The number of amides is 1. The Balaban J connectivity index is 1.61. The third-order valence-electron chi connectivity index (χ3n) is 4.17. The Morgan fingerprint density at radius 3 is 2.92 bits per heavy atom. The van der Waals surface area contributed by atoms with E-state index in [0.29, 0.717) is 24.5 Å². The first kappa shape index (κ1) is 16.7. The predicted octanol–water partition coefficient (Wildman–Crippen LogP) is 1.17. The molecule has 0 saturated carbocycles. The fraction of sp³-hybridized carbons (Fsp3) is 0.529. The molecule has 2 saturated heterocycles. The van der Waals surface area contributed by atoms with Crippen molar-refractivity contribution in [1.82, 2.24) is 4.90 Å². The van der Waals surface area contributed by atoms with Gasteiger partial charge in [-0.15, -0.1) is 0 Å². The largest absolute Gasteiger partial charge is 0.491 e. The minimum atomic E-state index is -1.05. The van der Waals surface area contributed by atoms with Crippen LogP contribution >= 0.6 is 0 Å². The molecule has 1 amide bonds. The van der Waals surface area contributed by atoms with Gasteiger partial charge in [-0.05, 0) is 31.0 Å². The average molecular weight is 335 g/mol. The number of hydrogen-bond acceptors (Lipinski definition) is 5. The van der Waals surface area contributed by atoms with Crippen LogP contribution in [-0.4, -0.2) is 67.0 Å². The summed E-state index contributed by atoms with van der Waals surface area (Å²) in [5.74, 6) is -0.660. The van der Waals surface area contributed by atoms with Crippen LogP contribution in [0.3, 0.4) is 0 Å². The lowest BCUT2D eigenvalue weighted by molar-refractivity contribution is -0.154. The van der Waals surface area contributed by atoms with E-state index in [0.717, 1.165) is 19.4 Å². The van der Waals surface area contributed by atoms with Gasteiger partial charge >= 0.3 is 5.97 Å². The van der Waals surface area contributed by atoms with E-state index in [-0.39, 0.29) is 25.2 Å². The molecule has 2 fully saturated rings. The minimum Gasteiger partial charge on any atom is -0.491 e. The van der Waals surface area contributed by atoms with Crippen molar-refractivity contribution in [2.24, 2.45) is 0 Å². The number of ether oxygens (including phenoxy) is 3. The fourth-order valence-corrected chi connectivity index (χ4v) is 2.85. The number of hydrogen-bond donors (Lipinski definition) is 1. The lowest BCUT2D eigenvalue weighted by Crippen LogP contribution is -2.48. The molecule has 0 aliphatic carbocycles. The molecular formula is C17H21NO6. The molecule has 1 N–H and O–H groups in total. The van der Waals surface area contributed by atoms with Crippen LogP contribution in [0.15, 0.2) is 24.3 Å². The number of carboxylic acids is 1. The number of benzene rings is 1. The van der Waals surface area contributed by atoms with E-state index in [1.807, 2.05) is 0 Å². The molecule has 7 nitrogen and oxygen atoms in total. The van der Waals surface area contributed by atoms with Crippen molar-refractivity contribution >= 4 is 11.9 Å². The van der Waals surface area contributed by atoms with E-state index < -0.39 is 12.1 Å². The monoisotopic (exact) mass is 335 g/mol. The fourth-order valence-electron chi connectivity index (χ4n) is 2.85. The highest BCUT2D eigenvalue weighted by molar-refractivity contribution is 5.95. The van der Waals surface area contributed by atoms with Gasteiger partial charge in [0.05, 0.1) is 19.3 Å². The van der Waals surface area contributed by atoms with Gasteiger partial charge in [-0.1, -0.05) is 6.07 Å². The van der Waals surface area contributed by atoms with Gasteiger partial charge in [0.2, 0.25) is 0 Å². The van der Waals surface area contributed by atoms with E-state index in [9.17, 15) is 9.59 Å². The second-order valence-corrected chi connectivity index (χ2v) is 5.92. The van der Waals surface area contributed by atoms with Crippen LogP contribution in [0.25, 0.3) is 0 Å². The van der Waals surface area contributed by atoms with Crippen LogP contribution in [0.1, 0.15) is 23.2 Å². The first-order chi connectivity index (χ1) is 11.6. The minimum absolute atomic E-state index is 0.0508. The highest BCUT2D eigenvalue weighted by atomic mass is 16.5. The standard InChI is InChI=1S/C17H21NO6/c19-16(18-6-8-23-15(10-18)17(20)21)12-3-1-4-13(9-12)24-11-14-5-2-7-22-14/h1,3-4,9,14-15H,2,5-8,10-11H2,(H,20,21)/t14-,15-/m0/s1. The topological polar surface area (TPSA) is 85.3 Å². The van der Waals surface area contributed by atoms with Crippen LogP contribution in [0, 0.1) is 0 Å². The number of morpholine rings is 1. The van der Waals surface area contributed by atoms with Crippen LogP contribution in [0.5, 0.6) is 5.75 Å². The van der Waals surface area contributed by atoms with Crippen molar-refractivity contribution < 1.29 is 28.9 Å². The van der Waals surface area contributed by atoms with Crippen molar-refractivity contribution in [2.45, 2.75) is 25.0 Å². The van der Waals surface area contributed by atoms with Gasteiger partial charge in [-0.2, -0.15) is 0 Å². The van der Waals surface area contributed by atoms with Gasteiger partial charge in [0.25, 0.3) is 5.91 Å². The third-order valence-corrected chi connectivity index (χ3v) is 4.17. The van der Waals surface area contributed by atoms with Crippen molar-refractivity contribution in [2.75, 3.05) is 32.9 Å². The number of carbonyl (C=O) groups is 2. The summed E-state index contributed by atoms with van der Waals surface area (Å²) in [6.07, 6.45) is 1.18. The predicted molar refractivity (Wildman–Crippen MR) is 84.2 cm³/mol. The maximum atomic E-state index is 12.6. The molecule has 24 heavy (non-hydrogen) atoms. The zero-order valence-corrected chi connectivity index (χ0v) is 13.3. The molecule has 0 radical (unpaired) electrons. The van der Waals surface area contributed by atoms with Crippen molar-refractivity contribution in [1.29, 1.82) is 0 Å². The summed E-state index contributed by atoms with van der Waals surface area (Å²) in [6.45, 7) is 1.89. The summed E-state index contributed by atoms with van der Waals surface area (Å²) < 4.78 is 16.4. The molecule has 0 spiro atoms. The summed E-state index contributed by atoms with van der Waals surface area (Å²) in [5, 5.41) is 9.03. The van der Waals surface area contributed by atoms with Crippen LogP contribution in [0.4, 0.5) is 0 Å². The highest BCUT2D eigenvalue weighted by Gasteiger charge is 2.29. The van der Waals surface area contributed by atoms with Crippen molar-refractivity contribution in [3.05, 3.63) is 29.8 Å². The normalized spacial score (nSPS) is 23.9. The molecule has 2 aliphatic heterocycles. The molecule has 3 rings (SSSR count). The molecule has 1 aromatic rings. The smallest absolute Gasteiger partial charge is 0.334 e. The second kappa shape index (κ2) is 7.63. The van der Waals surface area contributed by atoms with E-state index in [2.05, 4.69) is 0 Å². The van der Waals surface area contributed by atoms with E-state index in [1.165, 1.54) is 4.90 Å². The zero-order chi connectivity index (χ0) is 16.9. The van der Waals surface area contributed by atoms with E-state index in [1.54, 1.807) is 24.3 Å². The summed E-state index contributed by atoms with van der Waals surface area (Å²) in [5.41, 5.74) is 0.478. The Labute approximate surface area is 140 Å². The van der Waals surface area contributed by atoms with Gasteiger partial charge in [-0.3, -0.25) is 4.79 Å². The number of rotatable bonds is 5. The molecule has 2 atom stereocenters. The lowest BCUT2D eigenvalue weighted by Gasteiger charge is -2.31. The number of nitrogens with zero attached hydrogens (tertiary/aromatic N) is 1. The SMILES string of the molecule is O=C(O)[C@@H]1CN(C(=O)c2cccc(OC[C@@H]3CCCO3)c2)CCO1. The number of aliphatic carboxylic acids is 1. The van der Waals surface area contributed by atoms with E-state index >= 15 is 0 Å². The molecule has 2 aliphatic rings. The zero-order valence-electron chi connectivity index (χ0n) is 13.3. The maximum absolute atomic E-state index is 12.6. The Morgan fingerprint density at radius 2 is 2.17 bits per heavy atom. The summed E-state index contributed by atoms with van der Waals surface area (Å²) in [6, 6.07) is 6.94. The summed E-state index contributed by atoms with van der Waals surface area (Å²) >= 11 is 0. The van der Waals surface area contributed by atoms with Gasteiger partial charge < -0.3 is 24.2 Å². The van der Waals surface area contributed by atoms with Crippen molar-refractivity contribution in [3.63, 3.8) is 0 Å². The highest BCUT2D eigenvalue weighted by Crippen LogP contribution is 2.19. The molecule has 2 heterocycles. The third kappa shape index (κ3) is 4.04. The molecule has 0 bridgehead atoms. The Hall–Kier alpha value is -2.12. The Morgan fingerprint density at radius 1 is 1.29 bits per heavy atom. The molecule has 0 unspecified atom stereocenters. The maximum Gasteiger partial charge on any atom is 0.334 e. The average Bonchev–Trinajstić information content (AvgIpc) is 3.13. The first-order valence-electron chi connectivity index (χ1n) is 8.11. The van der Waals surface area contributed by atoms with Gasteiger partial charge in [0.1, 0.15) is 12.4 Å². The lowest BCUT2D eigenvalue weighted by atomic mass is 10.1. The van der Waals surface area contributed by atoms with Gasteiger partial charge in [-0.25, -0.2) is 4.79 Å². The van der Waals surface area contributed by atoms with Crippen LogP contribution < -0.4 is 4.74 Å². The van der Waals surface area contributed by atoms with Crippen LogP contribution in [-0.2, 0) is 14.3 Å². The number of carboxylic acid groups (broad SMARTS) is 1. The Bertz CT molecular complexity index is 598.